The minimum Gasteiger partial charge on any atom is -0.497 e. The average Bonchev–Trinajstić information content (AvgIpc) is 2.50. The van der Waals surface area contributed by atoms with E-state index in [-0.39, 0.29) is 5.92 Å². The van der Waals surface area contributed by atoms with Gasteiger partial charge in [0.2, 0.25) is 0 Å². The van der Waals surface area contributed by atoms with Gasteiger partial charge in [-0.1, -0.05) is 12.1 Å². The van der Waals surface area contributed by atoms with Crippen LogP contribution in [0.4, 0.5) is 0 Å². The predicted octanol–water partition coefficient (Wildman–Crippen LogP) is 3.26. The summed E-state index contributed by atoms with van der Waals surface area (Å²) in [5, 5.41) is 0. The fraction of sp³-hybridized carbons (Fsp3) is 0.400. The molecular weight excluding hydrogens is 212 g/mol. The first-order valence-corrected chi connectivity index (χ1v) is 6.06. The standard InChI is InChI=1S/C15H18O2/c1-3-5-14-13-9-8-12(17-2)10-11(13)6-4-7-15(14)16/h3,8-10,14H,1,4-7H2,2H3. The molecule has 0 bridgehead atoms. The van der Waals surface area contributed by atoms with Crippen molar-refractivity contribution in [1.29, 1.82) is 0 Å². The summed E-state index contributed by atoms with van der Waals surface area (Å²) in [5.41, 5.74) is 2.41. The Morgan fingerprint density at radius 1 is 1.47 bits per heavy atom. The second-order valence-electron chi connectivity index (χ2n) is 4.46. The molecule has 90 valence electrons. The molecule has 2 rings (SSSR count). The third kappa shape index (κ3) is 2.41. The summed E-state index contributed by atoms with van der Waals surface area (Å²) in [6, 6.07) is 6.03. The predicted molar refractivity (Wildman–Crippen MR) is 68.5 cm³/mol. The third-order valence-electron chi connectivity index (χ3n) is 3.39. The maximum Gasteiger partial charge on any atom is 0.140 e. The van der Waals surface area contributed by atoms with Crippen molar-refractivity contribution < 1.29 is 9.53 Å². The quantitative estimate of drug-likeness (QED) is 0.588. The van der Waals surface area contributed by atoms with E-state index in [1.54, 1.807) is 7.11 Å². The molecule has 1 unspecified atom stereocenters. The lowest BCUT2D eigenvalue weighted by Crippen LogP contribution is -2.10. The lowest BCUT2D eigenvalue weighted by molar-refractivity contribution is -0.120. The highest BCUT2D eigenvalue weighted by atomic mass is 16.5. The van der Waals surface area contributed by atoms with Crippen LogP contribution in [-0.4, -0.2) is 12.9 Å². The van der Waals surface area contributed by atoms with E-state index in [0.29, 0.717) is 12.2 Å². The van der Waals surface area contributed by atoms with Crippen LogP contribution in [0.5, 0.6) is 5.75 Å². The van der Waals surface area contributed by atoms with Crippen LogP contribution in [0, 0.1) is 0 Å². The molecule has 0 saturated carbocycles. The molecule has 0 fully saturated rings. The van der Waals surface area contributed by atoms with Gasteiger partial charge in [-0.25, -0.2) is 0 Å². The van der Waals surface area contributed by atoms with Gasteiger partial charge in [0.1, 0.15) is 11.5 Å². The highest BCUT2D eigenvalue weighted by Gasteiger charge is 2.24. The molecule has 1 aromatic rings. The number of carbonyl (C=O) groups excluding carboxylic acids is 1. The Balaban J connectivity index is 2.42. The molecule has 1 aromatic carbocycles. The maximum absolute atomic E-state index is 12.0. The van der Waals surface area contributed by atoms with E-state index in [0.717, 1.165) is 30.6 Å². The number of ether oxygens (including phenoxy) is 1. The Morgan fingerprint density at radius 2 is 2.29 bits per heavy atom. The molecule has 0 saturated heterocycles. The van der Waals surface area contributed by atoms with Crippen LogP contribution in [-0.2, 0) is 11.2 Å². The van der Waals surface area contributed by atoms with E-state index < -0.39 is 0 Å². The van der Waals surface area contributed by atoms with Crippen molar-refractivity contribution in [2.75, 3.05) is 7.11 Å². The first-order chi connectivity index (χ1) is 8.26. The second-order valence-corrected chi connectivity index (χ2v) is 4.46. The Bertz CT molecular complexity index is 435. The summed E-state index contributed by atoms with van der Waals surface area (Å²) >= 11 is 0. The van der Waals surface area contributed by atoms with Crippen molar-refractivity contribution in [1.82, 2.24) is 0 Å². The number of hydrogen-bond donors (Lipinski definition) is 0. The summed E-state index contributed by atoms with van der Waals surface area (Å²) < 4.78 is 5.24. The van der Waals surface area contributed by atoms with Crippen molar-refractivity contribution in [2.24, 2.45) is 0 Å². The Morgan fingerprint density at radius 3 is 3.00 bits per heavy atom. The highest BCUT2D eigenvalue weighted by molar-refractivity contribution is 5.87. The zero-order chi connectivity index (χ0) is 12.3. The van der Waals surface area contributed by atoms with Crippen molar-refractivity contribution in [3.05, 3.63) is 42.0 Å². The smallest absolute Gasteiger partial charge is 0.140 e. The molecule has 0 spiro atoms. The highest BCUT2D eigenvalue weighted by Crippen LogP contribution is 2.32. The Hall–Kier alpha value is -1.57. The average molecular weight is 230 g/mol. The maximum atomic E-state index is 12.0. The molecule has 0 aliphatic heterocycles. The van der Waals surface area contributed by atoms with E-state index in [4.69, 9.17) is 4.74 Å². The van der Waals surface area contributed by atoms with Gasteiger partial charge in [0.25, 0.3) is 0 Å². The van der Waals surface area contributed by atoms with Gasteiger partial charge in [0, 0.05) is 12.3 Å². The SMILES string of the molecule is C=CCC1C(=O)CCCc2cc(OC)ccc21. The van der Waals surface area contributed by atoms with Crippen molar-refractivity contribution in [2.45, 2.75) is 31.6 Å². The summed E-state index contributed by atoms with van der Waals surface area (Å²) in [6.07, 6.45) is 5.15. The largest absolute Gasteiger partial charge is 0.497 e. The lowest BCUT2D eigenvalue weighted by Gasteiger charge is -2.15. The van der Waals surface area contributed by atoms with Crippen molar-refractivity contribution in [3.8, 4) is 5.75 Å². The minimum absolute atomic E-state index is 0.00379. The zero-order valence-corrected chi connectivity index (χ0v) is 10.2. The number of Topliss-reactive ketones (excluding diaryl/α,β-unsaturated/α-hetero) is 1. The van der Waals surface area contributed by atoms with E-state index in [1.165, 1.54) is 5.56 Å². The number of rotatable bonds is 3. The van der Waals surface area contributed by atoms with E-state index in [9.17, 15) is 4.79 Å². The van der Waals surface area contributed by atoms with Crippen molar-refractivity contribution in [3.63, 3.8) is 0 Å². The molecule has 17 heavy (non-hydrogen) atoms. The van der Waals surface area contributed by atoms with Gasteiger partial charge >= 0.3 is 0 Å². The molecule has 2 heteroatoms. The molecule has 0 N–H and O–H groups in total. The number of carbonyl (C=O) groups is 1. The summed E-state index contributed by atoms with van der Waals surface area (Å²) in [5.74, 6) is 1.21. The fourth-order valence-corrected chi connectivity index (χ4v) is 2.49. The molecule has 1 aliphatic carbocycles. The fourth-order valence-electron chi connectivity index (χ4n) is 2.49. The minimum atomic E-state index is -0.00379. The van der Waals surface area contributed by atoms with Crippen LogP contribution >= 0.6 is 0 Å². The first-order valence-electron chi connectivity index (χ1n) is 6.06. The number of benzene rings is 1. The van der Waals surface area contributed by atoms with Crippen LogP contribution in [0.3, 0.4) is 0 Å². The number of hydrogen-bond acceptors (Lipinski definition) is 2. The Kier molecular flexibility index (Phi) is 3.62. The summed E-state index contributed by atoms with van der Waals surface area (Å²) in [6.45, 7) is 3.75. The number of fused-ring (bicyclic) bond motifs is 1. The van der Waals surface area contributed by atoms with Gasteiger partial charge in [0.15, 0.2) is 0 Å². The van der Waals surface area contributed by atoms with Gasteiger partial charge in [-0.3, -0.25) is 4.79 Å². The third-order valence-corrected chi connectivity index (χ3v) is 3.39. The van der Waals surface area contributed by atoms with E-state index in [1.807, 2.05) is 18.2 Å². The van der Waals surface area contributed by atoms with Crippen LogP contribution in [0.1, 0.15) is 36.3 Å². The molecule has 1 atom stereocenters. The zero-order valence-electron chi connectivity index (χ0n) is 10.2. The molecule has 2 nitrogen and oxygen atoms in total. The summed E-state index contributed by atoms with van der Waals surface area (Å²) in [7, 11) is 1.67. The molecule has 0 amide bonds. The molecule has 0 radical (unpaired) electrons. The lowest BCUT2D eigenvalue weighted by atomic mass is 9.89. The molecule has 0 heterocycles. The van der Waals surface area contributed by atoms with Crippen molar-refractivity contribution >= 4 is 5.78 Å². The van der Waals surface area contributed by atoms with Crippen LogP contribution in [0.15, 0.2) is 30.9 Å². The van der Waals surface area contributed by atoms with Gasteiger partial charge in [-0.2, -0.15) is 0 Å². The second kappa shape index (κ2) is 5.17. The molecular formula is C15H18O2. The number of allylic oxidation sites excluding steroid dienone is 1. The normalized spacial score (nSPS) is 19.4. The van der Waals surface area contributed by atoms with Gasteiger partial charge in [-0.05, 0) is 42.5 Å². The Labute approximate surface area is 102 Å². The van der Waals surface area contributed by atoms with E-state index in [2.05, 4.69) is 12.6 Å². The first kappa shape index (κ1) is 11.9. The topological polar surface area (TPSA) is 26.3 Å². The number of methoxy groups -OCH3 is 1. The van der Waals surface area contributed by atoms with Crippen LogP contribution in [0.25, 0.3) is 0 Å². The monoisotopic (exact) mass is 230 g/mol. The van der Waals surface area contributed by atoms with Gasteiger partial charge < -0.3 is 4.74 Å². The molecule has 1 aliphatic rings. The van der Waals surface area contributed by atoms with Crippen LogP contribution < -0.4 is 4.74 Å². The molecule has 0 aromatic heterocycles. The number of aryl methyl sites for hydroxylation is 1. The summed E-state index contributed by atoms with van der Waals surface area (Å²) in [4.78, 5) is 12.0. The van der Waals surface area contributed by atoms with E-state index >= 15 is 0 Å². The number of ketones is 1. The van der Waals surface area contributed by atoms with Crippen LogP contribution in [0.2, 0.25) is 0 Å². The van der Waals surface area contributed by atoms with Gasteiger partial charge in [-0.15, -0.1) is 6.58 Å². The van der Waals surface area contributed by atoms with Gasteiger partial charge in [0.05, 0.1) is 7.11 Å².